The lowest BCUT2D eigenvalue weighted by Gasteiger charge is -2.12. The highest BCUT2D eigenvalue weighted by Gasteiger charge is 2.17. The van der Waals surface area contributed by atoms with Gasteiger partial charge in [0, 0.05) is 25.9 Å². The SMILES string of the molecule is CC(OPI)c1nccn1CC#Cc1ccc(-c2ccc(OC3CCOC3)cc2)cc1F.CO. The number of aliphatic hydroxyl groups excluding tert-OH is 1. The van der Waals surface area contributed by atoms with Crippen molar-refractivity contribution in [1.82, 2.24) is 9.55 Å². The van der Waals surface area contributed by atoms with Crippen molar-refractivity contribution >= 4 is 28.5 Å². The fraction of sp³-hybridized carbons (Fsp3) is 0.320. The Hall–Kier alpha value is -2.02. The van der Waals surface area contributed by atoms with Gasteiger partial charge in [0.25, 0.3) is 0 Å². The summed E-state index contributed by atoms with van der Waals surface area (Å²) in [6, 6.07) is 12.8. The molecule has 4 rings (SSSR count). The second kappa shape index (κ2) is 13.8. The maximum Gasteiger partial charge on any atom is 0.139 e. The van der Waals surface area contributed by atoms with Crippen molar-refractivity contribution in [3.05, 3.63) is 72.1 Å². The van der Waals surface area contributed by atoms with Gasteiger partial charge in [0.2, 0.25) is 0 Å². The lowest BCUT2D eigenvalue weighted by atomic mass is 10.0. The normalized spacial score (nSPS) is 16.0. The first-order valence-corrected chi connectivity index (χ1v) is 14.8. The molecule has 1 aromatic heterocycles. The summed E-state index contributed by atoms with van der Waals surface area (Å²) in [7, 11) is 1.00. The molecule has 1 aliphatic rings. The molecule has 9 heteroatoms. The second-order valence-corrected chi connectivity index (χ2v) is 9.09. The van der Waals surface area contributed by atoms with E-state index in [1.54, 1.807) is 12.3 Å². The molecule has 6 nitrogen and oxygen atoms in total. The predicted molar refractivity (Wildman–Crippen MR) is 141 cm³/mol. The smallest absolute Gasteiger partial charge is 0.139 e. The zero-order valence-electron chi connectivity index (χ0n) is 19.0. The van der Waals surface area contributed by atoms with Gasteiger partial charge in [0.1, 0.15) is 29.6 Å². The van der Waals surface area contributed by atoms with Crippen LogP contribution in [0, 0.1) is 17.7 Å². The standard InChI is InChI=1S/C24H23FIN2O3P.CH4O/c1-17(31-32-26)24-27-11-13-28(24)12-2-3-19-4-5-20(15-23(19)25)18-6-8-21(9-7-18)30-22-10-14-29-16-22;1-2/h4-9,11,13,15,17,22,32H,10,12,14,16H2,1H3;2H,1H3. The number of rotatable bonds is 7. The van der Waals surface area contributed by atoms with Crippen molar-refractivity contribution in [2.75, 3.05) is 20.3 Å². The minimum Gasteiger partial charge on any atom is -0.488 e. The molecular formula is C25H27FIN2O4P. The molecular weight excluding hydrogens is 569 g/mol. The third-order valence-electron chi connectivity index (χ3n) is 5.15. The van der Waals surface area contributed by atoms with Crippen LogP contribution in [-0.2, 0) is 15.8 Å². The number of benzene rings is 2. The molecule has 1 saturated heterocycles. The van der Waals surface area contributed by atoms with Crippen molar-refractivity contribution in [1.29, 1.82) is 0 Å². The third-order valence-corrected chi connectivity index (χ3v) is 6.36. The number of halogens is 2. The van der Waals surface area contributed by atoms with Crippen LogP contribution in [0.1, 0.15) is 30.8 Å². The van der Waals surface area contributed by atoms with E-state index in [1.807, 2.05) is 48.0 Å². The maximum atomic E-state index is 14.7. The molecule has 0 radical (unpaired) electrons. The Morgan fingerprint density at radius 1 is 1.26 bits per heavy atom. The van der Waals surface area contributed by atoms with E-state index < -0.39 is 0 Å². The molecule has 0 bridgehead atoms. The average molecular weight is 596 g/mol. The van der Waals surface area contributed by atoms with Gasteiger partial charge in [0.05, 0.1) is 31.8 Å². The molecule has 1 aliphatic heterocycles. The fourth-order valence-corrected chi connectivity index (χ4v) is 4.86. The summed E-state index contributed by atoms with van der Waals surface area (Å²) >= 11 is 2.19. The molecule has 2 heterocycles. The number of aromatic nitrogens is 2. The highest BCUT2D eigenvalue weighted by atomic mass is 127. The number of aliphatic hydroxyl groups is 1. The predicted octanol–water partition coefficient (Wildman–Crippen LogP) is 5.54. The zero-order valence-corrected chi connectivity index (χ0v) is 22.2. The summed E-state index contributed by atoms with van der Waals surface area (Å²) < 4.78 is 33.4. The van der Waals surface area contributed by atoms with Crippen LogP contribution in [0.4, 0.5) is 4.39 Å². The summed E-state index contributed by atoms with van der Waals surface area (Å²) in [5, 5.41) is 7.00. The van der Waals surface area contributed by atoms with Gasteiger partial charge in [-0.05, 0) is 64.4 Å². The summed E-state index contributed by atoms with van der Waals surface area (Å²) in [6.45, 7) is 4.10. The first kappa shape index (κ1) is 26.6. The Bertz CT molecular complexity index is 1110. The summed E-state index contributed by atoms with van der Waals surface area (Å²) in [5.41, 5.74) is 2.09. The van der Waals surface area contributed by atoms with E-state index in [1.165, 1.54) is 6.07 Å². The minimum atomic E-state index is -0.341. The molecule has 0 amide bonds. The van der Waals surface area contributed by atoms with Gasteiger partial charge >= 0.3 is 0 Å². The van der Waals surface area contributed by atoms with Crippen LogP contribution in [0.25, 0.3) is 11.1 Å². The van der Waals surface area contributed by atoms with Crippen molar-refractivity contribution in [3.8, 4) is 28.7 Å². The molecule has 2 aromatic carbocycles. The van der Waals surface area contributed by atoms with Crippen LogP contribution >= 0.6 is 28.5 Å². The van der Waals surface area contributed by atoms with Crippen molar-refractivity contribution in [2.24, 2.45) is 0 Å². The van der Waals surface area contributed by atoms with Gasteiger partial charge in [-0.1, -0.05) is 30.0 Å². The summed E-state index contributed by atoms with van der Waals surface area (Å²) in [4.78, 5) is 4.34. The van der Waals surface area contributed by atoms with Crippen molar-refractivity contribution in [2.45, 2.75) is 32.1 Å². The van der Waals surface area contributed by atoms with E-state index in [0.717, 1.165) is 42.8 Å². The molecule has 3 aromatic rings. The van der Waals surface area contributed by atoms with Crippen molar-refractivity contribution < 1.29 is 23.5 Å². The molecule has 0 spiro atoms. The van der Waals surface area contributed by atoms with Gasteiger partial charge in [-0.15, -0.1) is 0 Å². The third kappa shape index (κ3) is 7.24. The monoisotopic (exact) mass is 596 g/mol. The second-order valence-electron chi connectivity index (χ2n) is 7.37. The number of hydrogen-bond donors (Lipinski definition) is 1. The van der Waals surface area contributed by atoms with E-state index in [4.69, 9.17) is 19.1 Å². The average Bonchev–Trinajstić information content (AvgIpc) is 3.54. The molecule has 34 heavy (non-hydrogen) atoms. The Balaban J connectivity index is 0.00000158. The van der Waals surface area contributed by atoms with Crippen molar-refractivity contribution in [3.63, 3.8) is 0 Å². The number of imidazole rings is 1. The first-order valence-electron chi connectivity index (χ1n) is 10.7. The Morgan fingerprint density at radius 2 is 2.03 bits per heavy atom. The van der Waals surface area contributed by atoms with Crippen LogP contribution in [0.5, 0.6) is 5.75 Å². The maximum absolute atomic E-state index is 14.7. The van der Waals surface area contributed by atoms with Crippen LogP contribution in [0.15, 0.2) is 54.9 Å². The van der Waals surface area contributed by atoms with Gasteiger partial charge in [-0.25, -0.2) is 9.37 Å². The van der Waals surface area contributed by atoms with E-state index in [0.29, 0.717) is 25.2 Å². The van der Waals surface area contributed by atoms with Gasteiger partial charge in [-0.2, -0.15) is 0 Å². The van der Waals surface area contributed by atoms with E-state index in [2.05, 4.69) is 38.9 Å². The Morgan fingerprint density at radius 3 is 2.71 bits per heavy atom. The molecule has 3 unspecified atom stereocenters. The molecule has 3 atom stereocenters. The Kier molecular flexibility index (Phi) is 10.8. The topological polar surface area (TPSA) is 65.7 Å². The number of hydrogen-bond acceptors (Lipinski definition) is 5. The zero-order chi connectivity index (χ0) is 24.3. The summed E-state index contributed by atoms with van der Waals surface area (Å²) in [6.07, 6.45) is 4.48. The highest BCUT2D eigenvalue weighted by Crippen LogP contribution is 2.31. The fourth-order valence-electron chi connectivity index (χ4n) is 3.47. The van der Waals surface area contributed by atoms with Gasteiger partial charge in [0.15, 0.2) is 0 Å². The van der Waals surface area contributed by atoms with Crippen LogP contribution < -0.4 is 4.74 Å². The highest BCUT2D eigenvalue weighted by molar-refractivity contribution is 14.2. The molecule has 0 saturated carbocycles. The molecule has 180 valence electrons. The van der Waals surface area contributed by atoms with Crippen LogP contribution in [0.2, 0.25) is 0 Å². The lowest BCUT2D eigenvalue weighted by Crippen LogP contribution is -2.15. The number of nitrogens with zero attached hydrogens (tertiary/aromatic N) is 2. The van der Waals surface area contributed by atoms with E-state index in [9.17, 15) is 4.39 Å². The molecule has 0 aliphatic carbocycles. The first-order chi connectivity index (χ1) is 16.6. The van der Waals surface area contributed by atoms with Gasteiger partial charge in [-0.3, -0.25) is 0 Å². The molecule has 1 fully saturated rings. The van der Waals surface area contributed by atoms with Crippen LogP contribution in [-0.4, -0.2) is 41.1 Å². The minimum absolute atomic E-state index is 0.108. The quantitative estimate of drug-likeness (QED) is 0.221. The summed E-state index contributed by atoms with van der Waals surface area (Å²) in [5.74, 6) is 7.23. The molecule has 1 N–H and O–H groups in total. The Labute approximate surface area is 214 Å². The van der Waals surface area contributed by atoms with Gasteiger partial charge < -0.3 is 23.7 Å². The van der Waals surface area contributed by atoms with E-state index >= 15 is 0 Å². The van der Waals surface area contributed by atoms with Crippen LogP contribution in [0.3, 0.4) is 0 Å². The number of ether oxygens (including phenoxy) is 2. The lowest BCUT2D eigenvalue weighted by molar-refractivity contribution is 0.141. The van der Waals surface area contributed by atoms with E-state index in [-0.39, 0.29) is 18.0 Å². The largest absolute Gasteiger partial charge is 0.488 e.